The van der Waals surface area contributed by atoms with Crippen LogP contribution in [-0.2, 0) is 13.8 Å². The molecule has 72 valence electrons. The Morgan fingerprint density at radius 1 is 1.42 bits per heavy atom. The van der Waals surface area contributed by atoms with Gasteiger partial charge >= 0.3 is 8.25 Å². The highest BCUT2D eigenvalue weighted by Gasteiger charge is 2.18. The van der Waals surface area contributed by atoms with Gasteiger partial charge in [0.2, 0.25) is 6.29 Å². The second-order valence-electron chi connectivity index (χ2n) is 2.96. The number of rotatable bonds is 6. The molecule has 0 heterocycles. The maximum atomic E-state index is 10.2. The van der Waals surface area contributed by atoms with Crippen LogP contribution in [0, 0.1) is 5.92 Å². The summed E-state index contributed by atoms with van der Waals surface area (Å²) in [6.45, 7) is 6.33. The Morgan fingerprint density at radius 3 is 2.42 bits per heavy atom. The summed E-state index contributed by atoms with van der Waals surface area (Å²) in [6.07, 6.45) is 0.327. The molecule has 0 spiro atoms. The van der Waals surface area contributed by atoms with Gasteiger partial charge in [0.25, 0.3) is 0 Å². The van der Waals surface area contributed by atoms with Gasteiger partial charge < -0.3 is 4.74 Å². The molecule has 0 aliphatic rings. The summed E-state index contributed by atoms with van der Waals surface area (Å²) in [4.78, 5) is 8.34. The Kier molecular flexibility index (Phi) is 6.48. The van der Waals surface area contributed by atoms with Crippen molar-refractivity contribution < 1.29 is 18.7 Å². The van der Waals surface area contributed by atoms with Gasteiger partial charge in [0, 0.05) is 4.57 Å². The van der Waals surface area contributed by atoms with Gasteiger partial charge in [-0.3, -0.25) is 0 Å². The van der Waals surface area contributed by atoms with Crippen LogP contribution in [0.25, 0.3) is 0 Å². The van der Waals surface area contributed by atoms with E-state index in [0.717, 1.165) is 6.42 Å². The van der Waals surface area contributed by atoms with Crippen molar-refractivity contribution in [3.05, 3.63) is 0 Å². The molecule has 5 heteroatoms. The molecule has 2 unspecified atom stereocenters. The third kappa shape index (κ3) is 8.08. The van der Waals surface area contributed by atoms with Crippen molar-refractivity contribution in [2.45, 2.75) is 33.5 Å². The fourth-order valence-corrected chi connectivity index (χ4v) is 0.942. The second kappa shape index (κ2) is 6.49. The predicted molar refractivity (Wildman–Crippen MR) is 45.8 cm³/mol. The van der Waals surface area contributed by atoms with Gasteiger partial charge in [-0.1, -0.05) is 18.4 Å². The van der Waals surface area contributed by atoms with Crippen LogP contribution in [0.3, 0.4) is 0 Å². The molecule has 0 aromatic rings. The quantitative estimate of drug-likeness (QED) is 0.520. The third-order valence-corrected chi connectivity index (χ3v) is 1.76. The molecule has 4 nitrogen and oxygen atoms in total. The van der Waals surface area contributed by atoms with E-state index in [1.807, 2.05) is 0 Å². The Balaban J connectivity index is 3.31. The molecule has 0 saturated carbocycles. The molecule has 12 heavy (non-hydrogen) atoms. The van der Waals surface area contributed by atoms with Gasteiger partial charge in [0.05, 0.1) is 6.61 Å². The third-order valence-electron chi connectivity index (χ3n) is 1.29. The summed E-state index contributed by atoms with van der Waals surface area (Å²) < 4.78 is 19.7. The van der Waals surface area contributed by atoms with Crippen LogP contribution >= 0.6 is 8.25 Å². The highest BCUT2D eigenvalue weighted by molar-refractivity contribution is 7.32. The van der Waals surface area contributed by atoms with E-state index in [2.05, 4.69) is 18.4 Å². The molecule has 2 atom stereocenters. The van der Waals surface area contributed by atoms with Gasteiger partial charge in [-0.2, -0.15) is 0 Å². The monoisotopic (exact) mass is 195 g/mol. The van der Waals surface area contributed by atoms with E-state index in [1.54, 1.807) is 6.92 Å². The zero-order valence-electron chi connectivity index (χ0n) is 7.69. The van der Waals surface area contributed by atoms with Crippen LogP contribution < -0.4 is 0 Å². The average Bonchev–Trinajstić information content (AvgIpc) is 1.84. The van der Waals surface area contributed by atoms with Gasteiger partial charge in [-0.05, 0) is 19.3 Å². The van der Waals surface area contributed by atoms with E-state index in [4.69, 9.17) is 9.63 Å². The average molecular weight is 195 g/mol. The second-order valence-corrected chi connectivity index (χ2v) is 3.65. The number of hydrogen-bond acceptors (Lipinski definition) is 3. The van der Waals surface area contributed by atoms with Gasteiger partial charge in [-0.15, -0.1) is 4.89 Å². The van der Waals surface area contributed by atoms with Crippen LogP contribution in [0.2, 0.25) is 0 Å². The van der Waals surface area contributed by atoms with E-state index in [9.17, 15) is 4.57 Å². The normalized spacial score (nSPS) is 14.9. The molecule has 0 aromatic heterocycles. The van der Waals surface area contributed by atoms with Crippen molar-refractivity contribution in [3.63, 3.8) is 0 Å². The maximum Gasteiger partial charge on any atom is 0.697 e. The molecule has 0 fully saturated rings. The fourth-order valence-electron chi connectivity index (χ4n) is 0.627. The zero-order chi connectivity index (χ0) is 9.56. The van der Waals surface area contributed by atoms with Crippen LogP contribution in [0.5, 0.6) is 0 Å². The summed E-state index contributed by atoms with van der Waals surface area (Å²) >= 11 is 0. The first-order valence-electron chi connectivity index (χ1n) is 3.97. The Labute approximate surface area is 73.8 Å². The number of hydrogen-bond donors (Lipinski definition) is 1. The Morgan fingerprint density at radius 2 is 2.00 bits per heavy atom. The first kappa shape index (κ1) is 12.0. The van der Waals surface area contributed by atoms with Gasteiger partial charge in [0.15, 0.2) is 0 Å². The Bertz CT molecular complexity index is 137. The standard InChI is InChI=1S/C7H15O4P/c1-6(2)4-5-10-7(3)11-12(8)9/h6-7H,4-5H2,1-3H3/p+1. The molecule has 0 amide bonds. The van der Waals surface area contributed by atoms with Crippen LogP contribution in [0.15, 0.2) is 0 Å². The molecular formula is C7H16O4P+. The first-order valence-corrected chi connectivity index (χ1v) is 5.10. The topological polar surface area (TPSA) is 55.8 Å². The largest absolute Gasteiger partial charge is 0.697 e. The zero-order valence-corrected chi connectivity index (χ0v) is 8.58. The highest BCUT2D eigenvalue weighted by Crippen LogP contribution is 2.18. The van der Waals surface area contributed by atoms with Crippen molar-refractivity contribution in [2.75, 3.05) is 6.61 Å². The van der Waals surface area contributed by atoms with E-state index < -0.39 is 14.5 Å². The van der Waals surface area contributed by atoms with Crippen LogP contribution in [0.4, 0.5) is 0 Å². The first-order chi connectivity index (χ1) is 5.52. The summed E-state index contributed by atoms with van der Waals surface area (Å²) in [5.74, 6) is 0.570. The molecule has 0 rings (SSSR count). The van der Waals surface area contributed by atoms with Gasteiger partial charge in [-0.25, -0.2) is 0 Å². The summed E-state index contributed by atoms with van der Waals surface area (Å²) in [5.41, 5.74) is 0. The van der Waals surface area contributed by atoms with Gasteiger partial charge in [0.1, 0.15) is 0 Å². The lowest BCUT2D eigenvalue weighted by Gasteiger charge is -2.07. The Hall–Kier alpha value is -0.0200. The maximum absolute atomic E-state index is 10.2. The van der Waals surface area contributed by atoms with Crippen LogP contribution in [0.1, 0.15) is 27.2 Å². The lowest BCUT2D eigenvalue weighted by molar-refractivity contribution is -0.0701. The van der Waals surface area contributed by atoms with Crippen molar-refractivity contribution in [2.24, 2.45) is 5.92 Å². The van der Waals surface area contributed by atoms with Crippen molar-refractivity contribution in [3.8, 4) is 0 Å². The SMILES string of the molecule is CC(C)CCOC(C)O[P+](=O)O. The minimum atomic E-state index is -2.55. The van der Waals surface area contributed by atoms with E-state index >= 15 is 0 Å². The van der Waals surface area contributed by atoms with E-state index in [0.29, 0.717) is 12.5 Å². The molecule has 0 aliphatic carbocycles. The predicted octanol–water partition coefficient (Wildman–Crippen LogP) is 2.06. The van der Waals surface area contributed by atoms with E-state index in [-0.39, 0.29) is 0 Å². The molecular weight excluding hydrogens is 179 g/mol. The smallest absolute Gasteiger partial charge is 0.348 e. The lowest BCUT2D eigenvalue weighted by atomic mass is 10.1. The lowest BCUT2D eigenvalue weighted by Crippen LogP contribution is -2.11. The summed E-state index contributed by atoms with van der Waals surface area (Å²) in [5, 5.41) is 0. The van der Waals surface area contributed by atoms with Crippen molar-refractivity contribution in [1.82, 2.24) is 0 Å². The number of ether oxygens (including phenoxy) is 1. The van der Waals surface area contributed by atoms with Crippen molar-refractivity contribution in [1.29, 1.82) is 0 Å². The molecule has 0 saturated heterocycles. The molecule has 1 N–H and O–H groups in total. The molecule has 0 aromatic carbocycles. The molecule has 0 bridgehead atoms. The summed E-state index contributed by atoms with van der Waals surface area (Å²) in [6, 6.07) is 0. The fraction of sp³-hybridized carbons (Fsp3) is 1.00. The summed E-state index contributed by atoms with van der Waals surface area (Å²) in [7, 11) is -2.55. The highest BCUT2D eigenvalue weighted by atomic mass is 31.1. The minimum Gasteiger partial charge on any atom is -0.348 e. The minimum absolute atomic E-state index is 0.558. The van der Waals surface area contributed by atoms with E-state index in [1.165, 1.54) is 0 Å². The van der Waals surface area contributed by atoms with Crippen LogP contribution in [-0.4, -0.2) is 17.8 Å². The molecule has 0 aliphatic heterocycles. The van der Waals surface area contributed by atoms with Crippen molar-refractivity contribution >= 4 is 8.25 Å². The molecule has 0 radical (unpaired) electrons.